The van der Waals surface area contributed by atoms with Crippen LogP contribution in [0, 0.1) is 5.82 Å². The molecule has 0 amide bonds. The number of benzene rings is 1. The summed E-state index contributed by atoms with van der Waals surface area (Å²) in [4.78, 5) is 11.2. The quantitative estimate of drug-likeness (QED) is 0.628. The van der Waals surface area contributed by atoms with E-state index in [2.05, 4.69) is 4.74 Å². The van der Waals surface area contributed by atoms with Gasteiger partial charge >= 0.3 is 12.1 Å². The first-order valence-electron chi connectivity index (χ1n) is 5.32. The lowest BCUT2D eigenvalue weighted by Crippen LogP contribution is -2.16. The van der Waals surface area contributed by atoms with E-state index in [1.165, 1.54) is 0 Å². The van der Waals surface area contributed by atoms with E-state index >= 15 is 0 Å². The number of rotatable bonds is 3. The fourth-order valence-electron chi connectivity index (χ4n) is 1.41. The van der Waals surface area contributed by atoms with Gasteiger partial charge in [0.2, 0.25) is 0 Å². The Bertz CT molecular complexity index is 481. The van der Waals surface area contributed by atoms with Crippen LogP contribution < -0.4 is 4.74 Å². The van der Waals surface area contributed by atoms with Crippen LogP contribution in [0.25, 0.3) is 0 Å². The summed E-state index contributed by atoms with van der Waals surface area (Å²) >= 11 is 0. The molecule has 0 aliphatic carbocycles. The van der Waals surface area contributed by atoms with Crippen molar-refractivity contribution in [1.29, 1.82) is 0 Å². The lowest BCUT2D eigenvalue weighted by molar-refractivity contribution is -0.138. The van der Waals surface area contributed by atoms with Crippen molar-refractivity contribution in [3.8, 4) is 5.75 Å². The van der Waals surface area contributed by atoms with Crippen molar-refractivity contribution < 1.29 is 31.8 Å². The molecule has 106 valence electrons. The van der Waals surface area contributed by atoms with Gasteiger partial charge in [-0.3, -0.25) is 0 Å². The van der Waals surface area contributed by atoms with Crippen molar-refractivity contribution in [1.82, 2.24) is 0 Å². The molecule has 1 rings (SSSR count). The highest BCUT2D eigenvalue weighted by atomic mass is 19.4. The number of carbonyl (C=O) groups is 1. The van der Waals surface area contributed by atoms with Crippen molar-refractivity contribution in [3.05, 3.63) is 29.1 Å². The molecule has 0 radical (unpaired) electrons. The fourth-order valence-corrected chi connectivity index (χ4v) is 1.41. The van der Waals surface area contributed by atoms with E-state index in [9.17, 15) is 22.4 Å². The summed E-state index contributed by atoms with van der Waals surface area (Å²) in [7, 11) is 0.916. The van der Waals surface area contributed by atoms with E-state index in [1.807, 2.05) is 0 Å². The van der Waals surface area contributed by atoms with Crippen LogP contribution in [0.4, 0.5) is 17.6 Å². The van der Waals surface area contributed by atoms with Gasteiger partial charge in [0, 0.05) is 0 Å². The number of hydrogen-bond acceptors (Lipinski definition) is 3. The lowest BCUT2D eigenvalue weighted by Gasteiger charge is -2.16. The molecule has 0 aliphatic heterocycles. The topological polar surface area (TPSA) is 35.5 Å². The average molecular weight is 280 g/mol. The average Bonchev–Trinajstić information content (AvgIpc) is 2.28. The Balaban J connectivity index is 3.41. The van der Waals surface area contributed by atoms with Crippen LogP contribution in [-0.4, -0.2) is 19.2 Å². The summed E-state index contributed by atoms with van der Waals surface area (Å²) in [6.45, 7) is 3.09. The zero-order valence-electron chi connectivity index (χ0n) is 10.5. The number of carbonyl (C=O) groups excluding carboxylic acids is 1. The number of esters is 1. The minimum Gasteiger partial charge on any atom is -0.488 e. The van der Waals surface area contributed by atoms with E-state index in [1.54, 1.807) is 13.8 Å². The van der Waals surface area contributed by atoms with Crippen LogP contribution >= 0.6 is 0 Å². The summed E-state index contributed by atoms with van der Waals surface area (Å²) < 4.78 is 61.1. The largest absolute Gasteiger partial charge is 0.488 e. The zero-order valence-corrected chi connectivity index (χ0v) is 10.5. The van der Waals surface area contributed by atoms with E-state index in [4.69, 9.17) is 4.74 Å². The number of methoxy groups -OCH3 is 1. The second-order valence-corrected chi connectivity index (χ2v) is 3.98. The second-order valence-electron chi connectivity index (χ2n) is 3.98. The van der Waals surface area contributed by atoms with Crippen molar-refractivity contribution in [2.75, 3.05) is 7.11 Å². The van der Waals surface area contributed by atoms with Gasteiger partial charge in [0.1, 0.15) is 0 Å². The van der Waals surface area contributed by atoms with Gasteiger partial charge in [0.05, 0.1) is 24.3 Å². The van der Waals surface area contributed by atoms with Gasteiger partial charge in [-0.2, -0.15) is 13.2 Å². The standard InChI is InChI=1S/C12H12F4O3/c1-6(2)19-10-5-8(12(14,15)16)7(4-9(10)13)11(17)18-3/h4-6H,1-3H3. The van der Waals surface area contributed by atoms with Crippen molar-refractivity contribution >= 4 is 5.97 Å². The summed E-state index contributed by atoms with van der Waals surface area (Å²) in [5.41, 5.74) is -2.18. The SMILES string of the molecule is COC(=O)c1cc(F)c(OC(C)C)cc1C(F)(F)F. The molecule has 0 saturated heterocycles. The predicted molar refractivity (Wildman–Crippen MR) is 58.5 cm³/mol. The predicted octanol–water partition coefficient (Wildman–Crippen LogP) is 3.42. The van der Waals surface area contributed by atoms with Gasteiger partial charge in [-0.05, 0) is 26.0 Å². The first-order chi connectivity index (χ1) is 8.66. The molecule has 0 N–H and O–H groups in total. The molecule has 0 fully saturated rings. The third-order valence-corrected chi connectivity index (χ3v) is 2.15. The lowest BCUT2D eigenvalue weighted by atomic mass is 10.1. The van der Waals surface area contributed by atoms with Gasteiger partial charge < -0.3 is 9.47 Å². The van der Waals surface area contributed by atoms with E-state index in [-0.39, 0.29) is 0 Å². The van der Waals surface area contributed by atoms with Crippen LogP contribution in [0.3, 0.4) is 0 Å². The third-order valence-electron chi connectivity index (χ3n) is 2.15. The van der Waals surface area contributed by atoms with Gasteiger partial charge in [-0.25, -0.2) is 9.18 Å². The summed E-state index contributed by atoms with van der Waals surface area (Å²) in [6.07, 6.45) is -5.31. The third kappa shape index (κ3) is 3.59. The maximum absolute atomic E-state index is 13.6. The summed E-state index contributed by atoms with van der Waals surface area (Å²) in [6, 6.07) is 0.925. The van der Waals surface area contributed by atoms with E-state index < -0.39 is 40.9 Å². The number of hydrogen-bond donors (Lipinski definition) is 0. The van der Waals surface area contributed by atoms with Crippen LogP contribution in [-0.2, 0) is 10.9 Å². The van der Waals surface area contributed by atoms with E-state index in [0.717, 1.165) is 7.11 Å². The molecule has 0 bridgehead atoms. The van der Waals surface area contributed by atoms with Gasteiger partial charge in [0.15, 0.2) is 11.6 Å². The maximum Gasteiger partial charge on any atom is 0.417 e. The van der Waals surface area contributed by atoms with Crippen molar-refractivity contribution in [2.24, 2.45) is 0 Å². The van der Waals surface area contributed by atoms with Crippen LogP contribution in [0.5, 0.6) is 5.75 Å². The highest BCUT2D eigenvalue weighted by Crippen LogP contribution is 2.36. The number of ether oxygens (including phenoxy) is 2. The molecule has 0 atom stereocenters. The molecule has 0 saturated carbocycles. The minimum absolute atomic E-state index is 0.460. The molecule has 1 aromatic rings. The Morgan fingerprint density at radius 2 is 1.84 bits per heavy atom. The zero-order chi connectivity index (χ0) is 14.8. The molecule has 19 heavy (non-hydrogen) atoms. The highest BCUT2D eigenvalue weighted by molar-refractivity contribution is 5.91. The van der Waals surface area contributed by atoms with Crippen molar-refractivity contribution in [3.63, 3.8) is 0 Å². The summed E-state index contributed by atoms with van der Waals surface area (Å²) in [5, 5.41) is 0. The van der Waals surface area contributed by atoms with Gasteiger partial charge in [-0.1, -0.05) is 0 Å². The number of halogens is 4. The first-order valence-corrected chi connectivity index (χ1v) is 5.32. The first kappa shape index (κ1) is 15.3. The number of alkyl halides is 3. The van der Waals surface area contributed by atoms with Gasteiger partial charge in [-0.15, -0.1) is 0 Å². The fraction of sp³-hybridized carbons (Fsp3) is 0.417. The Morgan fingerprint density at radius 1 is 1.26 bits per heavy atom. The van der Waals surface area contributed by atoms with Crippen LogP contribution in [0.15, 0.2) is 12.1 Å². The monoisotopic (exact) mass is 280 g/mol. The molecule has 0 aliphatic rings. The normalized spacial score (nSPS) is 11.6. The Hall–Kier alpha value is -1.79. The van der Waals surface area contributed by atoms with Crippen LogP contribution in [0.1, 0.15) is 29.8 Å². The molecule has 0 heterocycles. The molecule has 0 unspecified atom stereocenters. The summed E-state index contributed by atoms with van der Waals surface area (Å²) in [5.74, 6) is -2.88. The highest BCUT2D eigenvalue weighted by Gasteiger charge is 2.37. The molecule has 7 heteroatoms. The van der Waals surface area contributed by atoms with E-state index in [0.29, 0.717) is 12.1 Å². The minimum atomic E-state index is -4.81. The van der Waals surface area contributed by atoms with Crippen molar-refractivity contribution in [2.45, 2.75) is 26.1 Å². The molecule has 0 aromatic heterocycles. The Morgan fingerprint density at radius 3 is 2.26 bits per heavy atom. The molecular weight excluding hydrogens is 268 g/mol. The molecule has 0 spiro atoms. The second kappa shape index (κ2) is 5.46. The Kier molecular flexibility index (Phi) is 4.39. The maximum atomic E-state index is 13.6. The smallest absolute Gasteiger partial charge is 0.417 e. The molecular formula is C12H12F4O3. The van der Waals surface area contributed by atoms with Gasteiger partial charge in [0.25, 0.3) is 0 Å². The molecule has 3 nitrogen and oxygen atoms in total. The molecule has 1 aromatic carbocycles. The van der Waals surface area contributed by atoms with Crippen LogP contribution in [0.2, 0.25) is 0 Å². The Labute approximate surface area is 107 Å².